The molecule has 0 radical (unpaired) electrons. The summed E-state index contributed by atoms with van der Waals surface area (Å²) in [7, 11) is 0. The molecule has 0 spiro atoms. The van der Waals surface area contributed by atoms with E-state index in [1.54, 1.807) is 12.1 Å². The van der Waals surface area contributed by atoms with Gasteiger partial charge in [0.2, 0.25) is 0 Å². The van der Waals surface area contributed by atoms with Crippen LogP contribution in [0.4, 0.5) is 13.2 Å². The third-order valence-corrected chi connectivity index (χ3v) is 5.77. The normalized spacial score (nSPS) is 15.8. The van der Waals surface area contributed by atoms with Gasteiger partial charge in [-0.15, -0.1) is 0 Å². The molecular formula is C27H26F3NO6. The molecule has 0 amide bonds. The number of fused-ring (bicyclic) bond motifs is 1. The lowest BCUT2D eigenvalue weighted by molar-refractivity contribution is -0.137. The van der Waals surface area contributed by atoms with Crippen molar-refractivity contribution in [3.05, 3.63) is 83.4 Å². The van der Waals surface area contributed by atoms with Gasteiger partial charge in [0.15, 0.2) is 0 Å². The zero-order valence-electron chi connectivity index (χ0n) is 19.7. The largest absolute Gasteiger partial charge is 0.491 e. The van der Waals surface area contributed by atoms with Gasteiger partial charge < -0.3 is 29.7 Å². The molecular weight excluding hydrogens is 491 g/mol. The van der Waals surface area contributed by atoms with E-state index in [0.29, 0.717) is 49.6 Å². The van der Waals surface area contributed by atoms with Gasteiger partial charge >= 0.3 is 12.1 Å². The van der Waals surface area contributed by atoms with Crippen LogP contribution < -0.4 is 19.5 Å². The van der Waals surface area contributed by atoms with Crippen LogP contribution in [-0.2, 0) is 12.6 Å². The van der Waals surface area contributed by atoms with Crippen LogP contribution in [0.1, 0.15) is 27.9 Å². The average Bonchev–Trinajstić information content (AvgIpc) is 2.87. The molecule has 0 saturated carbocycles. The van der Waals surface area contributed by atoms with Crippen LogP contribution >= 0.6 is 0 Å². The van der Waals surface area contributed by atoms with E-state index < -0.39 is 29.6 Å². The molecule has 3 aromatic carbocycles. The number of benzene rings is 3. The number of aliphatic hydroxyl groups excluding tert-OH is 1. The molecule has 0 bridgehead atoms. The highest BCUT2D eigenvalue weighted by Gasteiger charge is 2.32. The van der Waals surface area contributed by atoms with E-state index in [4.69, 9.17) is 14.2 Å². The topological polar surface area (TPSA) is 97.3 Å². The average molecular weight is 518 g/mol. The first-order valence-corrected chi connectivity index (χ1v) is 11.7. The Morgan fingerprint density at radius 1 is 1.08 bits per heavy atom. The molecule has 0 aliphatic carbocycles. The second-order valence-corrected chi connectivity index (χ2v) is 8.60. The second-order valence-electron chi connectivity index (χ2n) is 8.60. The quantitative estimate of drug-likeness (QED) is 0.351. The van der Waals surface area contributed by atoms with Gasteiger partial charge in [0.1, 0.15) is 47.4 Å². The van der Waals surface area contributed by atoms with Crippen molar-refractivity contribution in [2.24, 2.45) is 0 Å². The number of ether oxygens (including phenoxy) is 3. The molecule has 196 valence electrons. The summed E-state index contributed by atoms with van der Waals surface area (Å²) >= 11 is 0. The molecule has 0 saturated heterocycles. The van der Waals surface area contributed by atoms with Crippen LogP contribution in [0.15, 0.2) is 66.7 Å². The van der Waals surface area contributed by atoms with Crippen molar-refractivity contribution < 1.29 is 42.4 Å². The zero-order chi connectivity index (χ0) is 26.4. The van der Waals surface area contributed by atoms with Gasteiger partial charge in [0, 0.05) is 13.1 Å². The van der Waals surface area contributed by atoms with E-state index in [1.165, 1.54) is 6.07 Å². The van der Waals surface area contributed by atoms with E-state index >= 15 is 0 Å². The van der Waals surface area contributed by atoms with Gasteiger partial charge in [0.25, 0.3) is 0 Å². The molecule has 1 aliphatic rings. The van der Waals surface area contributed by atoms with Gasteiger partial charge in [-0.1, -0.05) is 18.2 Å². The number of rotatable bonds is 10. The van der Waals surface area contributed by atoms with Crippen molar-refractivity contribution in [2.75, 3.05) is 19.7 Å². The van der Waals surface area contributed by atoms with Crippen LogP contribution in [-0.4, -0.2) is 48.1 Å². The standard InChI is InChI=1S/C27H26F3NO6/c28-27(29,30)18-7-10-23(26(33)34)25(13-18)36-21-9-11-24-17(12-21)6-8-22(37-24)15-31-14-19(32)16-35-20-4-2-1-3-5-20/h1-5,7,9-13,19,22,31-32H,6,8,14-16H2,(H,33,34)/t19-,22+/m0/s1. The predicted octanol–water partition coefficient (Wildman–Crippen LogP) is 4.92. The van der Waals surface area contributed by atoms with Crippen LogP contribution in [0.2, 0.25) is 0 Å². The van der Waals surface area contributed by atoms with Crippen LogP contribution in [0.5, 0.6) is 23.0 Å². The number of aliphatic hydroxyl groups is 1. The first-order chi connectivity index (χ1) is 17.7. The fraction of sp³-hybridized carbons (Fsp3) is 0.296. The summed E-state index contributed by atoms with van der Waals surface area (Å²) in [6.45, 7) is 0.991. The Morgan fingerprint density at radius 2 is 1.86 bits per heavy atom. The number of halogens is 3. The Hall–Kier alpha value is -3.76. The number of aryl methyl sites for hydroxylation is 1. The third-order valence-electron chi connectivity index (χ3n) is 5.77. The molecule has 1 aliphatic heterocycles. The number of alkyl halides is 3. The van der Waals surface area contributed by atoms with E-state index in [-0.39, 0.29) is 24.0 Å². The van der Waals surface area contributed by atoms with E-state index in [1.807, 2.05) is 30.3 Å². The summed E-state index contributed by atoms with van der Waals surface area (Å²) < 4.78 is 56.4. The van der Waals surface area contributed by atoms with Crippen molar-refractivity contribution in [3.63, 3.8) is 0 Å². The molecule has 37 heavy (non-hydrogen) atoms. The Balaban J connectivity index is 1.31. The first-order valence-electron chi connectivity index (χ1n) is 11.7. The smallest absolute Gasteiger partial charge is 0.416 e. The molecule has 2 atom stereocenters. The van der Waals surface area contributed by atoms with Gasteiger partial charge in [0.05, 0.1) is 5.56 Å². The molecule has 1 heterocycles. The lowest BCUT2D eigenvalue weighted by atomic mass is 10.0. The summed E-state index contributed by atoms with van der Waals surface area (Å²) in [5, 5.41) is 22.6. The van der Waals surface area contributed by atoms with Gasteiger partial charge in [-0.3, -0.25) is 0 Å². The van der Waals surface area contributed by atoms with Gasteiger partial charge in [-0.2, -0.15) is 13.2 Å². The Kier molecular flexibility index (Phi) is 8.20. The fourth-order valence-electron chi connectivity index (χ4n) is 3.89. The van der Waals surface area contributed by atoms with E-state index in [0.717, 1.165) is 11.6 Å². The summed E-state index contributed by atoms with van der Waals surface area (Å²) in [6, 6.07) is 16.3. The highest BCUT2D eigenvalue weighted by Crippen LogP contribution is 2.37. The summed E-state index contributed by atoms with van der Waals surface area (Å²) in [5.74, 6) is -0.277. The summed E-state index contributed by atoms with van der Waals surface area (Å²) in [6.07, 6.45) is -4.16. The zero-order valence-corrected chi connectivity index (χ0v) is 19.7. The number of hydrogen-bond donors (Lipinski definition) is 3. The van der Waals surface area contributed by atoms with Crippen molar-refractivity contribution in [1.29, 1.82) is 0 Å². The molecule has 4 rings (SSSR count). The number of nitrogens with one attached hydrogen (secondary N) is 1. The van der Waals surface area contributed by atoms with Gasteiger partial charge in [-0.05, 0) is 66.9 Å². The number of carboxylic acids is 1. The SMILES string of the molecule is O=C(O)c1ccc(C(F)(F)F)cc1Oc1ccc2c(c1)CC[C@H](CNC[C@H](O)COc1ccccc1)O2. The van der Waals surface area contributed by atoms with Crippen molar-refractivity contribution in [3.8, 4) is 23.0 Å². The van der Waals surface area contributed by atoms with Gasteiger partial charge in [-0.25, -0.2) is 4.79 Å². The fourth-order valence-corrected chi connectivity index (χ4v) is 3.89. The Bertz CT molecular complexity index is 1220. The summed E-state index contributed by atoms with van der Waals surface area (Å²) in [5.41, 5.74) is -0.570. The molecule has 10 heteroatoms. The van der Waals surface area contributed by atoms with E-state index in [9.17, 15) is 28.2 Å². The highest BCUT2D eigenvalue weighted by atomic mass is 19.4. The number of aromatic carboxylic acids is 1. The van der Waals surface area contributed by atoms with Crippen LogP contribution in [0, 0.1) is 0 Å². The molecule has 0 aromatic heterocycles. The minimum Gasteiger partial charge on any atom is -0.491 e. The number of carbonyl (C=O) groups is 1. The Labute approximate surface area is 211 Å². The molecule has 0 fully saturated rings. The number of carboxylic acid groups (broad SMARTS) is 1. The third kappa shape index (κ3) is 7.14. The Morgan fingerprint density at radius 3 is 2.59 bits per heavy atom. The van der Waals surface area contributed by atoms with E-state index in [2.05, 4.69) is 5.32 Å². The molecule has 7 nitrogen and oxygen atoms in total. The maximum Gasteiger partial charge on any atom is 0.416 e. The van der Waals surface area contributed by atoms with Crippen molar-refractivity contribution >= 4 is 5.97 Å². The van der Waals surface area contributed by atoms with Crippen molar-refractivity contribution in [1.82, 2.24) is 5.32 Å². The second kappa shape index (κ2) is 11.5. The first kappa shape index (κ1) is 26.3. The predicted molar refractivity (Wildman–Crippen MR) is 128 cm³/mol. The lowest BCUT2D eigenvalue weighted by Gasteiger charge is -2.27. The maximum absolute atomic E-state index is 13.1. The number of para-hydroxylation sites is 1. The van der Waals surface area contributed by atoms with Crippen LogP contribution in [0.3, 0.4) is 0 Å². The highest BCUT2D eigenvalue weighted by molar-refractivity contribution is 5.91. The molecule has 3 N–H and O–H groups in total. The maximum atomic E-state index is 13.1. The number of hydrogen-bond acceptors (Lipinski definition) is 6. The monoisotopic (exact) mass is 517 g/mol. The lowest BCUT2D eigenvalue weighted by Crippen LogP contribution is -2.39. The minimum absolute atomic E-state index is 0.136. The molecule has 3 aromatic rings. The van der Waals surface area contributed by atoms with Crippen molar-refractivity contribution in [2.45, 2.75) is 31.2 Å². The summed E-state index contributed by atoms with van der Waals surface area (Å²) in [4.78, 5) is 11.5. The van der Waals surface area contributed by atoms with Crippen LogP contribution in [0.25, 0.3) is 0 Å². The minimum atomic E-state index is -4.63. The molecule has 0 unspecified atom stereocenters.